The first-order chi connectivity index (χ1) is 9.62. The third-order valence-electron chi connectivity index (χ3n) is 5.08. The first-order valence-electron chi connectivity index (χ1n) is 8.18. The van der Waals surface area contributed by atoms with Crippen molar-refractivity contribution in [1.82, 2.24) is 15.5 Å². The summed E-state index contributed by atoms with van der Waals surface area (Å²) in [6.07, 6.45) is 7.50. The minimum atomic E-state index is 0.367. The third-order valence-corrected chi connectivity index (χ3v) is 5.08. The number of rotatable bonds is 4. The van der Waals surface area contributed by atoms with E-state index in [1.165, 1.54) is 38.5 Å². The van der Waals surface area contributed by atoms with E-state index in [-0.39, 0.29) is 0 Å². The Hall–Kier alpha value is -0.900. The topological polar surface area (TPSA) is 51.0 Å². The summed E-state index contributed by atoms with van der Waals surface area (Å²) in [6.45, 7) is 7.74. The highest BCUT2D eigenvalue weighted by molar-refractivity contribution is 5.15. The van der Waals surface area contributed by atoms with Crippen LogP contribution < -0.4 is 5.32 Å². The summed E-state index contributed by atoms with van der Waals surface area (Å²) >= 11 is 0. The van der Waals surface area contributed by atoms with E-state index in [2.05, 4.69) is 31.2 Å². The van der Waals surface area contributed by atoms with Crippen molar-refractivity contribution in [2.45, 2.75) is 77.2 Å². The van der Waals surface area contributed by atoms with Crippen LogP contribution in [0.5, 0.6) is 0 Å². The highest BCUT2D eigenvalue weighted by Crippen LogP contribution is 2.57. The first kappa shape index (κ1) is 14.1. The van der Waals surface area contributed by atoms with Gasteiger partial charge in [0.25, 0.3) is 0 Å². The molecule has 0 amide bonds. The quantitative estimate of drug-likeness (QED) is 0.854. The van der Waals surface area contributed by atoms with Crippen LogP contribution in [0.1, 0.15) is 82.8 Å². The molecule has 3 unspecified atom stereocenters. The number of likely N-dealkylation sites (N-methyl/N-ethyl adjacent to an activating group) is 1. The Bertz CT molecular complexity index is 454. The van der Waals surface area contributed by atoms with Gasteiger partial charge in [-0.15, -0.1) is 0 Å². The molecule has 3 atom stereocenters. The summed E-state index contributed by atoms with van der Waals surface area (Å²) < 4.78 is 5.63. The van der Waals surface area contributed by atoms with Crippen LogP contribution >= 0.6 is 0 Å². The largest absolute Gasteiger partial charge is 0.339 e. The smallest absolute Gasteiger partial charge is 0.231 e. The van der Waals surface area contributed by atoms with Crippen LogP contribution in [-0.2, 0) is 0 Å². The van der Waals surface area contributed by atoms with Gasteiger partial charge in [0.2, 0.25) is 5.89 Å². The SMILES string of the molecule is CCNC1CCCCCC1c1nc(C2CC2(C)C)no1. The van der Waals surface area contributed by atoms with E-state index >= 15 is 0 Å². The summed E-state index contributed by atoms with van der Waals surface area (Å²) in [5.74, 6) is 2.71. The van der Waals surface area contributed by atoms with Crippen LogP contribution in [0, 0.1) is 5.41 Å². The summed E-state index contributed by atoms with van der Waals surface area (Å²) in [6, 6.07) is 0.503. The Morgan fingerprint density at radius 1 is 1.25 bits per heavy atom. The maximum absolute atomic E-state index is 5.63. The van der Waals surface area contributed by atoms with Gasteiger partial charge in [-0.05, 0) is 31.2 Å². The lowest BCUT2D eigenvalue weighted by Gasteiger charge is -2.22. The highest BCUT2D eigenvalue weighted by atomic mass is 16.5. The third kappa shape index (κ3) is 2.76. The predicted molar refractivity (Wildman–Crippen MR) is 78.7 cm³/mol. The summed E-state index contributed by atoms with van der Waals surface area (Å²) in [7, 11) is 0. The molecule has 0 aromatic carbocycles. The van der Waals surface area contributed by atoms with Crippen LogP contribution in [0.15, 0.2) is 4.52 Å². The molecule has 3 rings (SSSR count). The molecule has 4 nitrogen and oxygen atoms in total. The first-order valence-corrected chi connectivity index (χ1v) is 8.18. The van der Waals surface area contributed by atoms with Crippen molar-refractivity contribution in [2.24, 2.45) is 5.41 Å². The molecule has 1 heterocycles. The van der Waals surface area contributed by atoms with Gasteiger partial charge >= 0.3 is 0 Å². The summed E-state index contributed by atoms with van der Waals surface area (Å²) in [5.41, 5.74) is 0.367. The fraction of sp³-hybridized carbons (Fsp3) is 0.875. The Morgan fingerprint density at radius 2 is 2.00 bits per heavy atom. The summed E-state index contributed by atoms with van der Waals surface area (Å²) in [5, 5.41) is 7.88. The maximum atomic E-state index is 5.63. The Kier molecular flexibility index (Phi) is 3.85. The summed E-state index contributed by atoms with van der Waals surface area (Å²) in [4.78, 5) is 4.75. The van der Waals surface area contributed by atoms with Gasteiger partial charge in [-0.2, -0.15) is 4.98 Å². The van der Waals surface area contributed by atoms with E-state index in [1.807, 2.05) is 0 Å². The minimum Gasteiger partial charge on any atom is -0.339 e. The lowest BCUT2D eigenvalue weighted by Crippen LogP contribution is -2.34. The zero-order valence-electron chi connectivity index (χ0n) is 13.0. The Balaban J connectivity index is 1.75. The van der Waals surface area contributed by atoms with E-state index in [4.69, 9.17) is 9.51 Å². The van der Waals surface area contributed by atoms with Gasteiger partial charge in [-0.25, -0.2) is 0 Å². The average molecular weight is 277 g/mol. The molecule has 1 N–H and O–H groups in total. The molecule has 2 saturated carbocycles. The molecule has 1 aromatic rings. The van der Waals surface area contributed by atoms with Gasteiger partial charge in [0, 0.05) is 12.0 Å². The molecule has 2 aliphatic rings. The van der Waals surface area contributed by atoms with Crippen LogP contribution in [0.25, 0.3) is 0 Å². The van der Waals surface area contributed by atoms with Gasteiger partial charge in [-0.3, -0.25) is 0 Å². The van der Waals surface area contributed by atoms with Gasteiger partial charge in [0.1, 0.15) is 0 Å². The molecule has 0 spiro atoms. The molecule has 1 aromatic heterocycles. The number of hydrogen-bond acceptors (Lipinski definition) is 4. The molecule has 4 heteroatoms. The van der Waals surface area contributed by atoms with E-state index in [9.17, 15) is 0 Å². The van der Waals surface area contributed by atoms with E-state index < -0.39 is 0 Å². The number of hydrogen-bond donors (Lipinski definition) is 1. The minimum absolute atomic E-state index is 0.367. The second-order valence-corrected chi connectivity index (χ2v) is 7.14. The molecule has 0 saturated heterocycles. The maximum Gasteiger partial charge on any atom is 0.231 e. The van der Waals surface area contributed by atoms with Crippen LogP contribution in [0.3, 0.4) is 0 Å². The lowest BCUT2D eigenvalue weighted by atomic mass is 9.94. The molecule has 0 aliphatic heterocycles. The van der Waals surface area contributed by atoms with Crippen molar-refractivity contribution < 1.29 is 4.52 Å². The van der Waals surface area contributed by atoms with E-state index in [0.717, 1.165) is 18.3 Å². The van der Waals surface area contributed by atoms with Gasteiger partial charge in [0.05, 0.1) is 5.92 Å². The number of nitrogens with zero attached hydrogens (tertiary/aromatic N) is 2. The van der Waals surface area contributed by atoms with Crippen LogP contribution in [-0.4, -0.2) is 22.7 Å². The molecule has 0 radical (unpaired) electrons. The molecule has 112 valence electrons. The normalized spacial score (nSPS) is 32.9. The van der Waals surface area contributed by atoms with E-state index in [0.29, 0.717) is 23.3 Å². The van der Waals surface area contributed by atoms with E-state index in [1.54, 1.807) is 0 Å². The number of aromatic nitrogens is 2. The van der Waals surface area contributed by atoms with Gasteiger partial charge < -0.3 is 9.84 Å². The predicted octanol–water partition coefficient (Wildman–Crippen LogP) is 3.61. The molecule has 20 heavy (non-hydrogen) atoms. The van der Waals surface area contributed by atoms with Crippen molar-refractivity contribution in [2.75, 3.05) is 6.54 Å². The van der Waals surface area contributed by atoms with Crippen LogP contribution in [0.2, 0.25) is 0 Å². The highest BCUT2D eigenvalue weighted by Gasteiger charge is 2.49. The molecule has 2 fully saturated rings. The monoisotopic (exact) mass is 277 g/mol. The molecule has 0 bridgehead atoms. The van der Waals surface area contributed by atoms with Crippen molar-refractivity contribution in [3.8, 4) is 0 Å². The molecular formula is C16H27N3O. The van der Waals surface area contributed by atoms with Crippen molar-refractivity contribution in [1.29, 1.82) is 0 Å². The molecule has 2 aliphatic carbocycles. The standard InChI is InChI=1S/C16H27N3O/c1-4-17-13-9-7-5-6-8-11(13)15-18-14(19-20-15)12-10-16(12,2)3/h11-13,17H,4-10H2,1-3H3. The zero-order chi connectivity index (χ0) is 14.2. The lowest BCUT2D eigenvalue weighted by molar-refractivity contribution is 0.304. The second kappa shape index (κ2) is 5.47. The Labute approximate surface area is 121 Å². The van der Waals surface area contributed by atoms with Gasteiger partial charge in [-0.1, -0.05) is 45.2 Å². The van der Waals surface area contributed by atoms with Gasteiger partial charge in [0.15, 0.2) is 5.82 Å². The number of nitrogens with one attached hydrogen (secondary N) is 1. The average Bonchev–Trinajstić information content (AvgIpc) is 2.89. The van der Waals surface area contributed by atoms with Crippen molar-refractivity contribution in [3.63, 3.8) is 0 Å². The zero-order valence-corrected chi connectivity index (χ0v) is 13.0. The van der Waals surface area contributed by atoms with Crippen LogP contribution in [0.4, 0.5) is 0 Å². The Morgan fingerprint density at radius 3 is 2.70 bits per heavy atom. The second-order valence-electron chi connectivity index (χ2n) is 7.14. The fourth-order valence-corrected chi connectivity index (χ4v) is 3.56. The van der Waals surface area contributed by atoms with Crippen molar-refractivity contribution in [3.05, 3.63) is 11.7 Å². The van der Waals surface area contributed by atoms with Crippen molar-refractivity contribution >= 4 is 0 Å². The molecular weight excluding hydrogens is 250 g/mol. The fourth-order valence-electron chi connectivity index (χ4n) is 3.56.